The number of hydrogen-bond donors (Lipinski definition) is 1. The molecule has 0 heterocycles. The molecule has 0 spiro atoms. The molecule has 0 aliphatic heterocycles. The standard InChI is InChI=1S/C23H17BrClN3O6/c1-14(33-18-9-7-17(8-10-18)28(31)32)22(29)27-26-13-15-12-16(24)6-11-21(15)34-23(30)19-4-2-3-5-20(19)25/h2-14H,1H3,(H,27,29). The first-order valence-electron chi connectivity index (χ1n) is 9.75. The molecule has 0 aromatic heterocycles. The third-order valence-corrected chi connectivity index (χ3v) is 5.20. The first-order chi connectivity index (χ1) is 16.2. The molecule has 0 saturated heterocycles. The average molecular weight is 547 g/mol. The van der Waals surface area contributed by atoms with Crippen molar-refractivity contribution >= 4 is 51.3 Å². The van der Waals surface area contributed by atoms with Gasteiger partial charge in [-0.05, 0) is 49.4 Å². The van der Waals surface area contributed by atoms with Crippen LogP contribution < -0.4 is 14.9 Å². The third kappa shape index (κ3) is 6.63. The van der Waals surface area contributed by atoms with Gasteiger partial charge in [-0.25, -0.2) is 10.2 Å². The summed E-state index contributed by atoms with van der Waals surface area (Å²) in [4.78, 5) is 35.0. The molecule has 11 heteroatoms. The second kappa shape index (κ2) is 11.4. The number of hydrogen-bond acceptors (Lipinski definition) is 7. The summed E-state index contributed by atoms with van der Waals surface area (Å²) in [5, 5.41) is 14.9. The number of nitrogens with zero attached hydrogens (tertiary/aromatic N) is 2. The van der Waals surface area contributed by atoms with Crippen molar-refractivity contribution in [2.45, 2.75) is 13.0 Å². The number of nitro benzene ring substituents is 1. The number of esters is 1. The summed E-state index contributed by atoms with van der Waals surface area (Å²) < 4.78 is 11.6. The number of nitro groups is 1. The molecule has 34 heavy (non-hydrogen) atoms. The Morgan fingerprint density at radius 3 is 2.53 bits per heavy atom. The maximum Gasteiger partial charge on any atom is 0.345 e. The van der Waals surface area contributed by atoms with E-state index in [9.17, 15) is 19.7 Å². The lowest BCUT2D eigenvalue weighted by molar-refractivity contribution is -0.384. The second-order valence-electron chi connectivity index (χ2n) is 6.80. The molecule has 0 radical (unpaired) electrons. The highest BCUT2D eigenvalue weighted by molar-refractivity contribution is 9.10. The van der Waals surface area contributed by atoms with Crippen molar-refractivity contribution in [1.82, 2.24) is 5.43 Å². The van der Waals surface area contributed by atoms with Crippen molar-refractivity contribution in [3.05, 3.63) is 97.5 Å². The summed E-state index contributed by atoms with van der Waals surface area (Å²) in [5.74, 6) is -0.699. The first-order valence-corrected chi connectivity index (χ1v) is 10.9. The molecule has 9 nitrogen and oxygen atoms in total. The van der Waals surface area contributed by atoms with E-state index in [2.05, 4.69) is 26.5 Å². The topological polar surface area (TPSA) is 120 Å². The van der Waals surface area contributed by atoms with Gasteiger partial charge in [0.1, 0.15) is 11.5 Å². The van der Waals surface area contributed by atoms with Crippen molar-refractivity contribution in [1.29, 1.82) is 0 Å². The van der Waals surface area contributed by atoms with Gasteiger partial charge in [-0.15, -0.1) is 0 Å². The lowest BCUT2D eigenvalue weighted by Gasteiger charge is -2.13. The number of non-ortho nitro benzene ring substituents is 1. The minimum absolute atomic E-state index is 0.0888. The molecule has 1 amide bonds. The molecule has 3 rings (SSSR count). The van der Waals surface area contributed by atoms with E-state index in [1.807, 2.05) is 0 Å². The van der Waals surface area contributed by atoms with Gasteiger partial charge in [0, 0.05) is 22.2 Å². The molecular formula is C23H17BrClN3O6. The number of nitrogens with one attached hydrogen (secondary N) is 1. The van der Waals surface area contributed by atoms with E-state index >= 15 is 0 Å². The highest BCUT2D eigenvalue weighted by Crippen LogP contribution is 2.24. The van der Waals surface area contributed by atoms with Crippen LogP contribution >= 0.6 is 27.5 Å². The lowest BCUT2D eigenvalue weighted by Crippen LogP contribution is -2.33. The summed E-state index contributed by atoms with van der Waals surface area (Å²) in [6.07, 6.45) is 0.384. The molecule has 0 aliphatic carbocycles. The normalized spacial score (nSPS) is 11.6. The lowest BCUT2D eigenvalue weighted by atomic mass is 10.2. The fourth-order valence-electron chi connectivity index (χ4n) is 2.66. The van der Waals surface area contributed by atoms with Crippen LogP contribution in [0.15, 0.2) is 76.3 Å². The zero-order valence-corrected chi connectivity index (χ0v) is 19.9. The number of ether oxygens (including phenoxy) is 2. The van der Waals surface area contributed by atoms with Gasteiger partial charge >= 0.3 is 5.97 Å². The Labute approximate surface area is 207 Å². The van der Waals surface area contributed by atoms with Gasteiger partial charge in [-0.2, -0.15) is 5.10 Å². The molecule has 3 aromatic carbocycles. The fourth-order valence-corrected chi connectivity index (χ4v) is 3.25. The van der Waals surface area contributed by atoms with E-state index in [4.69, 9.17) is 21.1 Å². The molecular weight excluding hydrogens is 530 g/mol. The molecule has 174 valence electrons. The van der Waals surface area contributed by atoms with Crippen LogP contribution in [0.25, 0.3) is 0 Å². The Bertz CT molecular complexity index is 1250. The monoisotopic (exact) mass is 545 g/mol. The number of carbonyl (C=O) groups excluding carboxylic acids is 2. The Hall–Kier alpha value is -3.76. The summed E-state index contributed by atoms with van der Waals surface area (Å²) in [6.45, 7) is 1.50. The fraction of sp³-hybridized carbons (Fsp3) is 0.0870. The molecule has 0 aliphatic rings. The average Bonchev–Trinajstić information content (AvgIpc) is 2.81. The van der Waals surface area contributed by atoms with E-state index in [0.717, 1.165) is 0 Å². The quantitative estimate of drug-likeness (QED) is 0.137. The molecule has 1 N–H and O–H groups in total. The number of amides is 1. The summed E-state index contributed by atoms with van der Waals surface area (Å²) >= 11 is 9.40. The Morgan fingerprint density at radius 2 is 1.85 bits per heavy atom. The number of rotatable bonds is 8. The highest BCUT2D eigenvalue weighted by atomic mass is 79.9. The Balaban J connectivity index is 1.65. The van der Waals surface area contributed by atoms with Crippen molar-refractivity contribution in [2.24, 2.45) is 5.10 Å². The number of benzene rings is 3. The van der Waals surface area contributed by atoms with Gasteiger partial charge in [0.05, 0.1) is 21.7 Å². The minimum Gasteiger partial charge on any atom is -0.481 e. The zero-order valence-electron chi connectivity index (χ0n) is 17.6. The van der Waals surface area contributed by atoms with Crippen LogP contribution in [0, 0.1) is 10.1 Å². The van der Waals surface area contributed by atoms with Crippen LogP contribution in [0.3, 0.4) is 0 Å². The van der Waals surface area contributed by atoms with Gasteiger partial charge < -0.3 is 9.47 Å². The maximum absolute atomic E-state index is 12.5. The predicted octanol–water partition coefficient (Wildman–Crippen LogP) is 5.15. The number of carbonyl (C=O) groups is 2. The van der Waals surface area contributed by atoms with Crippen LogP contribution in [0.1, 0.15) is 22.8 Å². The van der Waals surface area contributed by atoms with Crippen LogP contribution in [-0.4, -0.2) is 29.1 Å². The summed E-state index contributed by atoms with van der Waals surface area (Å²) in [5.41, 5.74) is 2.88. The van der Waals surface area contributed by atoms with Gasteiger partial charge in [-0.1, -0.05) is 39.7 Å². The maximum atomic E-state index is 12.5. The molecule has 3 aromatic rings. The molecule has 0 saturated carbocycles. The largest absolute Gasteiger partial charge is 0.481 e. The van der Waals surface area contributed by atoms with Crippen molar-refractivity contribution in [3.63, 3.8) is 0 Å². The highest BCUT2D eigenvalue weighted by Gasteiger charge is 2.16. The summed E-state index contributed by atoms with van der Waals surface area (Å²) in [7, 11) is 0. The first kappa shape index (κ1) is 24.9. The van der Waals surface area contributed by atoms with Gasteiger partial charge in [0.2, 0.25) is 0 Å². The van der Waals surface area contributed by atoms with Crippen LogP contribution in [0.2, 0.25) is 5.02 Å². The number of halogens is 2. The van der Waals surface area contributed by atoms with Crippen LogP contribution in [0.5, 0.6) is 11.5 Å². The van der Waals surface area contributed by atoms with Crippen LogP contribution in [-0.2, 0) is 4.79 Å². The van der Waals surface area contributed by atoms with E-state index in [0.29, 0.717) is 10.0 Å². The van der Waals surface area contributed by atoms with Gasteiger partial charge in [-0.3, -0.25) is 14.9 Å². The zero-order chi connectivity index (χ0) is 24.7. The van der Waals surface area contributed by atoms with E-state index in [-0.39, 0.29) is 27.8 Å². The van der Waals surface area contributed by atoms with Crippen molar-refractivity contribution in [3.8, 4) is 11.5 Å². The Kier molecular flexibility index (Phi) is 8.34. The van der Waals surface area contributed by atoms with Gasteiger partial charge in [0.15, 0.2) is 6.10 Å². The van der Waals surface area contributed by atoms with E-state index < -0.39 is 22.9 Å². The minimum atomic E-state index is -0.932. The van der Waals surface area contributed by atoms with Crippen molar-refractivity contribution < 1.29 is 24.0 Å². The van der Waals surface area contributed by atoms with Gasteiger partial charge in [0.25, 0.3) is 11.6 Å². The molecule has 0 bridgehead atoms. The molecule has 0 fully saturated rings. The third-order valence-electron chi connectivity index (χ3n) is 4.38. The van der Waals surface area contributed by atoms with E-state index in [1.54, 1.807) is 42.5 Å². The molecule has 1 atom stereocenters. The number of hydrazone groups is 1. The van der Waals surface area contributed by atoms with Crippen molar-refractivity contribution in [2.75, 3.05) is 0 Å². The van der Waals surface area contributed by atoms with E-state index in [1.165, 1.54) is 37.4 Å². The predicted molar refractivity (Wildman–Crippen MR) is 129 cm³/mol. The Morgan fingerprint density at radius 1 is 1.15 bits per heavy atom. The smallest absolute Gasteiger partial charge is 0.345 e. The van der Waals surface area contributed by atoms with Crippen LogP contribution in [0.4, 0.5) is 5.69 Å². The SMILES string of the molecule is CC(Oc1ccc([N+](=O)[O-])cc1)C(=O)NN=Cc1cc(Br)ccc1OC(=O)c1ccccc1Cl. The second-order valence-corrected chi connectivity index (χ2v) is 8.12. The molecule has 1 unspecified atom stereocenters. The summed E-state index contributed by atoms with van der Waals surface area (Å²) in [6, 6.07) is 16.7.